The first-order valence-electron chi connectivity index (χ1n) is 15.3. The second-order valence-corrected chi connectivity index (χ2v) is 11.6. The Morgan fingerprint density at radius 3 is 0.969 bits per heavy atom. The molecule has 0 aliphatic carbocycles. The highest BCUT2D eigenvalue weighted by molar-refractivity contribution is 4.61. The summed E-state index contributed by atoms with van der Waals surface area (Å²) >= 11 is 0. The van der Waals surface area contributed by atoms with Crippen LogP contribution in [0, 0.1) is 11.8 Å². The molecule has 0 rings (SSSR count). The monoisotopic (exact) mass is 452 g/mol. The zero-order chi connectivity index (χ0) is 23.7. The molecule has 0 fully saturated rings. The van der Waals surface area contributed by atoms with Crippen molar-refractivity contribution in [3.05, 3.63) is 0 Å². The lowest BCUT2D eigenvalue weighted by atomic mass is 10.0. The third-order valence-electron chi connectivity index (χ3n) is 7.09. The highest BCUT2D eigenvalue weighted by Gasteiger charge is 2.05. The highest BCUT2D eigenvalue weighted by atomic mass is 15.1. The lowest BCUT2D eigenvalue weighted by molar-refractivity contribution is 0.253. The number of rotatable bonds is 26. The molecule has 0 heterocycles. The highest BCUT2D eigenvalue weighted by Crippen LogP contribution is 2.14. The Labute approximate surface area is 205 Å². The van der Waals surface area contributed by atoms with Crippen LogP contribution in [-0.2, 0) is 0 Å². The molecule has 0 saturated heterocycles. The summed E-state index contributed by atoms with van der Waals surface area (Å²) < 4.78 is 0. The molecule has 0 aliphatic rings. The van der Waals surface area contributed by atoms with Crippen molar-refractivity contribution >= 4 is 0 Å². The minimum Gasteiger partial charge on any atom is -0.303 e. The van der Waals surface area contributed by atoms with Crippen molar-refractivity contribution < 1.29 is 0 Å². The molecule has 0 saturated carbocycles. The molecule has 0 unspecified atom stereocenters. The molecule has 0 aromatic rings. The van der Waals surface area contributed by atoms with Crippen molar-refractivity contribution in [2.75, 3.05) is 19.6 Å². The predicted molar refractivity (Wildman–Crippen MR) is 149 cm³/mol. The van der Waals surface area contributed by atoms with Crippen LogP contribution in [0.3, 0.4) is 0 Å². The molecule has 1 heteroatoms. The first-order chi connectivity index (χ1) is 15.6. The maximum Gasteiger partial charge on any atom is -0.00187 e. The number of hydrogen-bond acceptors (Lipinski definition) is 1. The van der Waals surface area contributed by atoms with Crippen molar-refractivity contribution in [2.24, 2.45) is 11.8 Å². The van der Waals surface area contributed by atoms with Crippen LogP contribution in [0.25, 0.3) is 0 Å². The Kier molecular flexibility index (Phi) is 25.5. The zero-order valence-electron chi connectivity index (χ0n) is 23.6. The quantitative estimate of drug-likeness (QED) is 0.118. The van der Waals surface area contributed by atoms with Gasteiger partial charge in [0.25, 0.3) is 0 Å². The van der Waals surface area contributed by atoms with Crippen molar-refractivity contribution in [3.8, 4) is 0 Å². The summed E-state index contributed by atoms with van der Waals surface area (Å²) in [6, 6.07) is 0. The van der Waals surface area contributed by atoms with E-state index < -0.39 is 0 Å². The molecule has 0 aromatic carbocycles. The number of unbranched alkanes of at least 4 members (excludes halogenated alkanes) is 16. The fourth-order valence-electron chi connectivity index (χ4n) is 4.82. The largest absolute Gasteiger partial charge is 0.303 e. The summed E-state index contributed by atoms with van der Waals surface area (Å²) in [4.78, 5) is 2.82. The molecule has 0 aliphatic heterocycles. The van der Waals surface area contributed by atoms with E-state index in [0.717, 1.165) is 11.8 Å². The average molecular weight is 452 g/mol. The summed E-state index contributed by atoms with van der Waals surface area (Å²) in [5.74, 6) is 1.76. The van der Waals surface area contributed by atoms with Crippen LogP contribution in [-0.4, -0.2) is 24.5 Å². The normalized spacial score (nSPS) is 12.0. The van der Waals surface area contributed by atoms with Gasteiger partial charge in [0.1, 0.15) is 0 Å². The number of hydrogen-bond donors (Lipinski definition) is 0. The molecular formula is C31H65N. The molecule has 0 radical (unpaired) electrons. The van der Waals surface area contributed by atoms with Crippen LogP contribution < -0.4 is 0 Å². The molecule has 1 nitrogen and oxygen atoms in total. The van der Waals surface area contributed by atoms with Gasteiger partial charge in [0, 0.05) is 0 Å². The van der Waals surface area contributed by atoms with Gasteiger partial charge in [-0.25, -0.2) is 0 Å². The lowest BCUT2D eigenvalue weighted by Gasteiger charge is -2.22. The van der Waals surface area contributed by atoms with E-state index in [-0.39, 0.29) is 0 Å². The number of nitrogens with zero attached hydrogens (tertiary/aromatic N) is 1. The molecule has 0 atom stereocenters. The van der Waals surface area contributed by atoms with Gasteiger partial charge in [-0.1, -0.05) is 150 Å². The van der Waals surface area contributed by atoms with E-state index >= 15 is 0 Å². The van der Waals surface area contributed by atoms with E-state index in [4.69, 9.17) is 0 Å². The second kappa shape index (κ2) is 25.6. The molecule has 32 heavy (non-hydrogen) atoms. The van der Waals surface area contributed by atoms with Gasteiger partial charge in [-0.15, -0.1) is 0 Å². The van der Waals surface area contributed by atoms with E-state index in [9.17, 15) is 0 Å². The van der Waals surface area contributed by atoms with Gasteiger partial charge in [0.2, 0.25) is 0 Å². The minimum atomic E-state index is 0.878. The van der Waals surface area contributed by atoms with E-state index in [0.29, 0.717) is 0 Å². The SMILES string of the molecule is CCCCCCCCCCCCCN(CCCCCCC(C)C)CCCCCCC(C)C. The second-order valence-electron chi connectivity index (χ2n) is 11.6. The van der Waals surface area contributed by atoms with E-state index in [1.165, 1.54) is 154 Å². The Bertz CT molecular complexity index is 315. The topological polar surface area (TPSA) is 3.24 Å². The van der Waals surface area contributed by atoms with Crippen molar-refractivity contribution in [3.63, 3.8) is 0 Å². The average Bonchev–Trinajstić information content (AvgIpc) is 2.75. The lowest BCUT2D eigenvalue weighted by Crippen LogP contribution is -2.27. The van der Waals surface area contributed by atoms with Gasteiger partial charge in [0.15, 0.2) is 0 Å². The van der Waals surface area contributed by atoms with Crippen LogP contribution in [0.15, 0.2) is 0 Å². The summed E-state index contributed by atoms with van der Waals surface area (Å²) in [6.07, 6.45) is 30.3. The van der Waals surface area contributed by atoms with Gasteiger partial charge in [-0.05, 0) is 50.7 Å². The predicted octanol–water partition coefficient (Wildman–Crippen LogP) is 10.8. The van der Waals surface area contributed by atoms with E-state index in [1.807, 2.05) is 0 Å². The Morgan fingerprint density at radius 2 is 0.656 bits per heavy atom. The van der Waals surface area contributed by atoms with Crippen LogP contribution >= 0.6 is 0 Å². The fraction of sp³-hybridized carbons (Fsp3) is 1.00. The van der Waals surface area contributed by atoms with Crippen LogP contribution in [0.1, 0.15) is 169 Å². The first kappa shape index (κ1) is 32.0. The molecule has 194 valence electrons. The summed E-state index contributed by atoms with van der Waals surface area (Å²) in [5, 5.41) is 0. The smallest absolute Gasteiger partial charge is 0.00187 e. The minimum absolute atomic E-state index is 0.878. The van der Waals surface area contributed by atoms with Crippen LogP contribution in [0.2, 0.25) is 0 Å². The molecule has 0 bridgehead atoms. The van der Waals surface area contributed by atoms with Gasteiger partial charge < -0.3 is 4.90 Å². The van der Waals surface area contributed by atoms with Crippen LogP contribution in [0.5, 0.6) is 0 Å². The van der Waals surface area contributed by atoms with E-state index in [2.05, 4.69) is 39.5 Å². The Morgan fingerprint density at radius 1 is 0.375 bits per heavy atom. The molecule has 0 spiro atoms. The van der Waals surface area contributed by atoms with Crippen LogP contribution in [0.4, 0.5) is 0 Å². The fourth-order valence-corrected chi connectivity index (χ4v) is 4.82. The van der Waals surface area contributed by atoms with Gasteiger partial charge in [-0.2, -0.15) is 0 Å². The molecule has 0 amide bonds. The summed E-state index contributed by atoms with van der Waals surface area (Å²) in [6.45, 7) is 15.8. The van der Waals surface area contributed by atoms with Crippen molar-refractivity contribution in [1.29, 1.82) is 0 Å². The maximum atomic E-state index is 2.82. The summed E-state index contributed by atoms with van der Waals surface area (Å²) in [5.41, 5.74) is 0. The standard InChI is InChI=1S/C31H65N/c1-6-7-8-9-10-11-12-13-14-17-22-27-32(28-23-18-15-20-25-30(2)3)29-24-19-16-21-26-31(4)5/h30-31H,6-29H2,1-5H3. The molecule has 0 N–H and O–H groups in total. The molecular weight excluding hydrogens is 386 g/mol. The zero-order valence-corrected chi connectivity index (χ0v) is 23.6. The van der Waals surface area contributed by atoms with Crippen molar-refractivity contribution in [2.45, 2.75) is 169 Å². The van der Waals surface area contributed by atoms with Gasteiger partial charge >= 0.3 is 0 Å². The van der Waals surface area contributed by atoms with Crippen molar-refractivity contribution in [1.82, 2.24) is 4.90 Å². The van der Waals surface area contributed by atoms with Gasteiger partial charge in [-0.3, -0.25) is 0 Å². The molecule has 0 aromatic heterocycles. The third-order valence-corrected chi connectivity index (χ3v) is 7.09. The summed E-state index contributed by atoms with van der Waals surface area (Å²) in [7, 11) is 0. The maximum absolute atomic E-state index is 2.82. The first-order valence-corrected chi connectivity index (χ1v) is 15.3. The Hall–Kier alpha value is -0.0400. The third kappa shape index (κ3) is 26.2. The Balaban J connectivity index is 3.83. The van der Waals surface area contributed by atoms with Gasteiger partial charge in [0.05, 0.1) is 0 Å². The van der Waals surface area contributed by atoms with E-state index in [1.54, 1.807) is 0 Å².